The van der Waals surface area contributed by atoms with Crippen LogP contribution in [-0.4, -0.2) is 12.8 Å². The SMILES string of the molecule is SSC1=CC=NCC1. The van der Waals surface area contributed by atoms with Crippen molar-refractivity contribution in [2.75, 3.05) is 6.54 Å². The fourth-order valence-electron chi connectivity index (χ4n) is 0.545. The Balaban J connectivity index is 2.50. The van der Waals surface area contributed by atoms with Crippen LogP contribution in [0.25, 0.3) is 0 Å². The van der Waals surface area contributed by atoms with Crippen LogP contribution >= 0.6 is 22.5 Å². The van der Waals surface area contributed by atoms with Gasteiger partial charge in [-0.3, -0.25) is 4.99 Å². The Kier molecular flexibility index (Phi) is 2.49. The average molecular weight is 145 g/mol. The van der Waals surface area contributed by atoms with Crippen LogP contribution in [0.4, 0.5) is 0 Å². The number of hydrogen-bond donors (Lipinski definition) is 1. The van der Waals surface area contributed by atoms with Crippen molar-refractivity contribution in [3.05, 3.63) is 11.0 Å². The van der Waals surface area contributed by atoms with Gasteiger partial charge in [-0.2, -0.15) is 0 Å². The molecule has 0 aliphatic carbocycles. The zero-order valence-corrected chi connectivity index (χ0v) is 6.08. The molecule has 0 saturated heterocycles. The van der Waals surface area contributed by atoms with E-state index in [4.69, 9.17) is 0 Å². The number of thiol groups is 1. The smallest absolute Gasteiger partial charge is 0.0435 e. The summed E-state index contributed by atoms with van der Waals surface area (Å²) >= 11 is 4.05. The average Bonchev–Trinajstić information content (AvgIpc) is 1.90. The van der Waals surface area contributed by atoms with Gasteiger partial charge in [0.2, 0.25) is 0 Å². The standard InChI is InChI=1S/C5H7NS2/c7-8-5-1-3-6-4-2-5/h1,3,7H,2,4H2. The van der Waals surface area contributed by atoms with E-state index in [0.717, 1.165) is 13.0 Å². The summed E-state index contributed by atoms with van der Waals surface area (Å²) in [5.41, 5.74) is 0. The molecule has 0 aromatic heterocycles. The maximum atomic E-state index is 4.05. The molecule has 1 aliphatic heterocycles. The van der Waals surface area contributed by atoms with Gasteiger partial charge in [0.1, 0.15) is 0 Å². The first-order valence-electron chi connectivity index (χ1n) is 2.44. The first-order chi connectivity index (χ1) is 3.93. The highest BCUT2D eigenvalue weighted by Crippen LogP contribution is 2.23. The molecule has 0 radical (unpaired) electrons. The molecular weight excluding hydrogens is 138 g/mol. The van der Waals surface area contributed by atoms with E-state index >= 15 is 0 Å². The Morgan fingerprint density at radius 3 is 3.00 bits per heavy atom. The lowest BCUT2D eigenvalue weighted by Gasteiger charge is -2.01. The maximum absolute atomic E-state index is 4.05. The lowest BCUT2D eigenvalue weighted by Crippen LogP contribution is -1.88. The van der Waals surface area contributed by atoms with Crippen molar-refractivity contribution in [1.29, 1.82) is 0 Å². The van der Waals surface area contributed by atoms with E-state index in [0.29, 0.717) is 0 Å². The summed E-state index contributed by atoms with van der Waals surface area (Å²) in [6, 6.07) is 0. The molecule has 3 heteroatoms. The summed E-state index contributed by atoms with van der Waals surface area (Å²) in [6.07, 6.45) is 4.90. The topological polar surface area (TPSA) is 12.4 Å². The lowest BCUT2D eigenvalue weighted by atomic mass is 10.3. The second-order valence-electron chi connectivity index (χ2n) is 1.53. The fourth-order valence-corrected chi connectivity index (χ4v) is 1.31. The Morgan fingerprint density at radius 1 is 1.75 bits per heavy atom. The predicted molar refractivity (Wildman–Crippen MR) is 42.6 cm³/mol. The van der Waals surface area contributed by atoms with Gasteiger partial charge in [0.05, 0.1) is 0 Å². The molecule has 0 unspecified atom stereocenters. The molecule has 0 atom stereocenters. The van der Waals surface area contributed by atoms with Crippen LogP contribution in [0.3, 0.4) is 0 Å². The highest BCUT2D eigenvalue weighted by atomic mass is 33.1. The third-order valence-corrected chi connectivity index (χ3v) is 2.25. The van der Waals surface area contributed by atoms with Crippen molar-refractivity contribution >= 4 is 28.7 Å². The molecule has 0 aromatic carbocycles. The van der Waals surface area contributed by atoms with Crippen LogP contribution in [0.1, 0.15) is 6.42 Å². The van der Waals surface area contributed by atoms with E-state index in [2.05, 4.69) is 16.7 Å². The molecule has 1 aliphatic rings. The van der Waals surface area contributed by atoms with Gasteiger partial charge < -0.3 is 0 Å². The molecular formula is C5H7NS2. The predicted octanol–water partition coefficient (Wildman–Crippen LogP) is 1.92. The van der Waals surface area contributed by atoms with Crippen molar-refractivity contribution in [3.8, 4) is 0 Å². The minimum Gasteiger partial charge on any atom is -0.293 e. The summed E-state index contributed by atoms with van der Waals surface area (Å²) in [6.45, 7) is 0.930. The summed E-state index contributed by atoms with van der Waals surface area (Å²) in [5, 5.41) is 0. The zero-order chi connectivity index (χ0) is 5.82. The third kappa shape index (κ3) is 1.56. The van der Waals surface area contributed by atoms with Gasteiger partial charge in [0.25, 0.3) is 0 Å². The van der Waals surface area contributed by atoms with Gasteiger partial charge in [-0.25, -0.2) is 0 Å². The van der Waals surface area contributed by atoms with Crippen LogP contribution < -0.4 is 0 Å². The van der Waals surface area contributed by atoms with Gasteiger partial charge in [-0.05, 0) is 17.4 Å². The normalized spacial score (nSPS) is 18.4. The molecule has 8 heavy (non-hydrogen) atoms. The van der Waals surface area contributed by atoms with Gasteiger partial charge in [0, 0.05) is 12.8 Å². The molecule has 1 rings (SSSR count). The van der Waals surface area contributed by atoms with Crippen molar-refractivity contribution in [3.63, 3.8) is 0 Å². The van der Waals surface area contributed by atoms with Crippen molar-refractivity contribution in [2.45, 2.75) is 6.42 Å². The molecule has 1 heterocycles. The first kappa shape index (κ1) is 6.23. The lowest BCUT2D eigenvalue weighted by molar-refractivity contribution is 0.991. The van der Waals surface area contributed by atoms with Gasteiger partial charge in [-0.1, -0.05) is 10.8 Å². The number of aliphatic imine (C=N–C) groups is 1. The molecule has 0 bridgehead atoms. The monoisotopic (exact) mass is 145 g/mol. The van der Waals surface area contributed by atoms with E-state index in [1.54, 1.807) is 0 Å². The van der Waals surface area contributed by atoms with Gasteiger partial charge in [0.15, 0.2) is 0 Å². The van der Waals surface area contributed by atoms with Gasteiger partial charge in [-0.15, -0.1) is 11.7 Å². The Hall–Kier alpha value is 0.110. The first-order valence-corrected chi connectivity index (χ1v) is 4.31. The molecule has 0 aromatic rings. The third-order valence-electron chi connectivity index (χ3n) is 0.970. The number of allylic oxidation sites excluding steroid dienone is 1. The van der Waals surface area contributed by atoms with Crippen LogP contribution in [0.2, 0.25) is 0 Å². The summed E-state index contributed by atoms with van der Waals surface area (Å²) in [7, 11) is 1.51. The van der Waals surface area contributed by atoms with Crippen molar-refractivity contribution < 1.29 is 0 Å². The number of dihydropyridines is 1. The maximum Gasteiger partial charge on any atom is 0.0435 e. The quantitative estimate of drug-likeness (QED) is 0.439. The van der Waals surface area contributed by atoms with Crippen LogP contribution in [0.15, 0.2) is 16.0 Å². The summed E-state index contributed by atoms with van der Waals surface area (Å²) in [4.78, 5) is 5.34. The molecule has 0 saturated carbocycles. The van der Waals surface area contributed by atoms with Crippen LogP contribution in [0.5, 0.6) is 0 Å². The molecule has 44 valence electrons. The zero-order valence-electron chi connectivity index (χ0n) is 4.37. The van der Waals surface area contributed by atoms with Gasteiger partial charge >= 0.3 is 0 Å². The second-order valence-corrected chi connectivity index (χ2v) is 2.78. The van der Waals surface area contributed by atoms with E-state index in [1.807, 2.05) is 12.3 Å². The molecule has 1 nitrogen and oxygen atoms in total. The van der Waals surface area contributed by atoms with Crippen molar-refractivity contribution in [2.24, 2.45) is 4.99 Å². The highest BCUT2D eigenvalue weighted by Gasteiger charge is 1.95. The number of hydrogen-bond acceptors (Lipinski definition) is 3. The molecule has 0 spiro atoms. The van der Waals surface area contributed by atoms with E-state index in [-0.39, 0.29) is 0 Å². The molecule has 0 fully saturated rings. The second kappa shape index (κ2) is 3.20. The van der Waals surface area contributed by atoms with Crippen LogP contribution in [0, 0.1) is 0 Å². The van der Waals surface area contributed by atoms with Crippen molar-refractivity contribution in [1.82, 2.24) is 0 Å². The number of nitrogens with zero attached hydrogens (tertiary/aromatic N) is 1. The van der Waals surface area contributed by atoms with Crippen LogP contribution in [-0.2, 0) is 0 Å². The molecule has 0 N–H and O–H groups in total. The minimum absolute atomic E-state index is 0.930. The Bertz CT molecular complexity index is 128. The molecule has 0 amide bonds. The van der Waals surface area contributed by atoms with E-state index < -0.39 is 0 Å². The van der Waals surface area contributed by atoms with E-state index in [1.165, 1.54) is 15.7 Å². The largest absolute Gasteiger partial charge is 0.293 e. The minimum atomic E-state index is 0.930. The Labute approximate surface area is 58.1 Å². The highest BCUT2D eigenvalue weighted by molar-refractivity contribution is 8.70. The fraction of sp³-hybridized carbons (Fsp3) is 0.400. The van der Waals surface area contributed by atoms with E-state index in [9.17, 15) is 0 Å². The number of rotatable bonds is 1. The Morgan fingerprint density at radius 2 is 2.62 bits per heavy atom. The summed E-state index contributed by atoms with van der Waals surface area (Å²) in [5.74, 6) is 0. The summed E-state index contributed by atoms with van der Waals surface area (Å²) < 4.78 is 0.